The lowest BCUT2D eigenvalue weighted by Gasteiger charge is -1.99. The van der Waals surface area contributed by atoms with Crippen LogP contribution in [0.25, 0.3) is 0 Å². The van der Waals surface area contributed by atoms with Crippen molar-refractivity contribution >= 4 is 17.6 Å². The summed E-state index contributed by atoms with van der Waals surface area (Å²) in [6.07, 6.45) is 0. The lowest BCUT2D eigenvalue weighted by molar-refractivity contribution is -0.136. The number of alkyl halides is 1. The number of hydrogen-bond donors (Lipinski definition) is 2. The van der Waals surface area contributed by atoms with Gasteiger partial charge >= 0.3 is 5.97 Å². The Morgan fingerprint density at radius 1 is 1.53 bits per heavy atom. The van der Waals surface area contributed by atoms with Gasteiger partial charge in [0, 0.05) is 5.88 Å². The van der Waals surface area contributed by atoms with Crippen LogP contribution in [0.4, 0.5) is 0 Å². The molecule has 1 aromatic carbocycles. The van der Waals surface area contributed by atoms with E-state index < -0.39 is 5.97 Å². The highest BCUT2D eigenvalue weighted by Gasteiger charge is 1.99. The Hall–Kier alpha value is -1.57. The molecular formula is C12H15ClN2O2. The van der Waals surface area contributed by atoms with Gasteiger partial charge in [0.05, 0.1) is 18.7 Å². The quantitative estimate of drug-likeness (QED) is 0.806. The van der Waals surface area contributed by atoms with Crippen LogP contribution < -0.4 is 5.32 Å². The van der Waals surface area contributed by atoms with Crippen molar-refractivity contribution in [1.82, 2.24) is 5.32 Å². The van der Waals surface area contributed by atoms with Crippen LogP contribution in [-0.2, 0) is 10.7 Å². The van der Waals surface area contributed by atoms with E-state index in [9.17, 15) is 4.79 Å². The standard InChI is InChI=1S/C7H7Cl.C5H8N2O2/c8-6-7-4-2-1-3-5-7;1-4(2-6)7-3-5(8)9/h1-5H,6H2;4,7H,3H2,1H3,(H,8,9). The highest BCUT2D eigenvalue weighted by molar-refractivity contribution is 6.17. The molecule has 0 aliphatic carbocycles. The topological polar surface area (TPSA) is 73.1 Å². The third-order valence-electron chi connectivity index (χ3n) is 1.75. The fourth-order valence-corrected chi connectivity index (χ4v) is 1.03. The van der Waals surface area contributed by atoms with Crippen molar-refractivity contribution in [3.8, 4) is 6.07 Å². The van der Waals surface area contributed by atoms with Crippen LogP contribution in [-0.4, -0.2) is 23.7 Å². The molecule has 0 aliphatic heterocycles. The van der Waals surface area contributed by atoms with E-state index in [1.54, 1.807) is 6.92 Å². The Labute approximate surface area is 106 Å². The van der Waals surface area contributed by atoms with Crippen molar-refractivity contribution in [2.45, 2.75) is 18.8 Å². The maximum atomic E-state index is 9.85. The molecule has 0 aromatic heterocycles. The monoisotopic (exact) mass is 254 g/mol. The van der Waals surface area contributed by atoms with E-state index in [1.165, 1.54) is 5.56 Å². The molecule has 0 saturated heterocycles. The molecular weight excluding hydrogens is 240 g/mol. The van der Waals surface area contributed by atoms with Crippen molar-refractivity contribution in [2.75, 3.05) is 6.54 Å². The first-order chi connectivity index (χ1) is 8.10. The van der Waals surface area contributed by atoms with E-state index >= 15 is 0 Å². The Bertz CT molecular complexity index is 363. The molecule has 5 heteroatoms. The van der Waals surface area contributed by atoms with Gasteiger partial charge in [0.25, 0.3) is 0 Å². The predicted molar refractivity (Wildman–Crippen MR) is 66.7 cm³/mol. The molecule has 0 bridgehead atoms. The fraction of sp³-hybridized carbons (Fsp3) is 0.333. The highest BCUT2D eigenvalue weighted by atomic mass is 35.5. The zero-order valence-corrected chi connectivity index (χ0v) is 10.3. The van der Waals surface area contributed by atoms with Crippen LogP contribution in [0.15, 0.2) is 30.3 Å². The van der Waals surface area contributed by atoms with E-state index in [0.717, 1.165) is 0 Å². The SMILES string of the molecule is CC(C#N)NCC(=O)O.ClCc1ccccc1. The summed E-state index contributed by atoms with van der Waals surface area (Å²) >= 11 is 5.53. The number of hydrogen-bond acceptors (Lipinski definition) is 3. The zero-order chi connectivity index (χ0) is 13.1. The Morgan fingerprint density at radius 3 is 2.47 bits per heavy atom. The average Bonchev–Trinajstić information content (AvgIpc) is 2.37. The second-order valence-corrected chi connectivity index (χ2v) is 3.51. The number of nitrogens with one attached hydrogen (secondary N) is 1. The molecule has 0 amide bonds. The molecule has 0 radical (unpaired) electrons. The first-order valence-corrected chi connectivity index (χ1v) is 5.58. The molecule has 0 saturated carbocycles. The molecule has 1 atom stereocenters. The van der Waals surface area contributed by atoms with E-state index in [2.05, 4.69) is 5.32 Å². The summed E-state index contributed by atoms with van der Waals surface area (Å²) in [5, 5.41) is 18.7. The number of nitrogens with zero attached hydrogens (tertiary/aromatic N) is 1. The van der Waals surface area contributed by atoms with E-state index in [-0.39, 0.29) is 12.6 Å². The van der Waals surface area contributed by atoms with Crippen LogP contribution in [0.2, 0.25) is 0 Å². The smallest absolute Gasteiger partial charge is 0.317 e. The molecule has 0 heterocycles. The highest BCUT2D eigenvalue weighted by Crippen LogP contribution is 2.00. The summed E-state index contributed by atoms with van der Waals surface area (Å²) in [6, 6.07) is 11.4. The number of aliphatic carboxylic acids is 1. The van der Waals surface area contributed by atoms with E-state index in [0.29, 0.717) is 5.88 Å². The normalized spacial score (nSPS) is 10.6. The van der Waals surface area contributed by atoms with Crippen LogP contribution in [0.1, 0.15) is 12.5 Å². The van der Waals surface area contributed by atoms with Crippen LogP contribution in [0.3, 0.4) is 0 Å². The number of benzene rings is 1. The van der Waals surface area contributed by atoms with Crippen LogP contribution in [0.5, 0.6) is 0 Å². The maximum Gasteiger partial charge on any atom is 0.317 e. The first kappa shape index (κ1) is 15.4. The van der Waals surface area contributed by atoms with Gasteiger partial charge in [0.1, 0.15) is 0 Å². The van der Waals surface area contributed by atoms with Gasteiger partial charge in [-0.15, -0.1) is 11.6 Å². The second-order valence-electron chi connectivity index (χ2n) is 3.24. The summed E-state index contributed by atoms with van der Waals surface area (Å²) in [4.78, 5) is 9.85. The van der Waals surface area contributed by atoms with Gasteiger partial charge in [-0.2, -0.15) is 5.26 Å². The minimum atomic E-state index is -0.947. The molecule has 4 nitrogen and oxygen atoms in total. The van der Waals surface area contributed by atoms with Crippen molar-refractivity contribution in [1.29, 1.82) is 5.26 Å². The zero-order valence-electron chi connectivity index (χ0n) is 9.56. The van der Waals surface area contributed by atoms with Gasteiger partial charge in [-0.25, -0.2) is 0 Å². The number of carboxylic acids is 1. The fourth-order valence-electron chi connectivity index (χ4n) is 0.853. The third kappa shape index (κ3) is 9.36. The number of carboxylic acid groups (broad SMARTS) is 1. The largest absolute Gasteiger partial charge is 0.480 e. The molecule has 0 aliphatic rings. The van der Waals surface area contributed by atoms with Gasteiger partial charge in [0.15, 0.2) is 0 Å². The summed E-state index contributed by atoms with van der Waals surface area (Å²) in [6.45, 7) is 1.44. The molecule has 2 N–H and O–H groups in total. The van der Waals surface area contributed by atoms with Gasteiger partial charge in [-0.3, -0.25) is 10.1 Å². The summed E-state index contributed by atoms with van der Waals surface area (Å²) in [5.74, 6) is -0.335. The number of nitriles is 1. The lowest BCUT2D eigenvalue weighted by atomic mass is 10.2. The third-order valence-corrected chi connectivity index (χ3v) is 2.06. The number of halogens is 1. The predicted octanol–water partition coefficient (Wildman–Crippen LogP) is 2.00. The molecule has 0 spiro atoms. The van der Waals surface area contributed by atoms with Gasteiger partial charge in [-0.05, 0) is 12.5 Å². The minimum Gasteiger partial charge on any atom is -0.480 e. The van der Waals surface area contributed by atoms with Gasteiger partial charge in [0.2, 0.25) is 0 Å². The van der Waals surface area contributed by atoms with E-state index in [4.69, 9.17) is 22.0 Å². The second kappa shape index (κ2) is 9.64. The lowest BCUT2D eigenvalue weighted by Crippen LogP contribution is -2.29. The molecule has 1 rings (SSSR count). The first-order valence-electron chi connectivity index (χ1n) is 5.04. The Balaban J connectivity index is 0.000000302. The Morgan fingerprint density at radius 2 is 2.12 bits per heavy atom. The molecule has 1 aromatic rings. The minimum absolute atomic E-state index is 0.158. The summed E-state index contributed by atoms with van der Waals surface area (Å²) < 4.78 is 0. The van der Waals surface area contributed by atoms with Crippen LogP contribution >= 0.6 is 11.6 Å². The van der Waals surface area contributed by atoms with Crippen molar-refractivity contribution in [2.24, 2.45) is 0 Å². The summed E-state index contributed by atoms with van der Waals surface area (Å²) in [7, 11) is 0. The van der Waals surface area contributed by atoms with Crippen LogP contribution in [0, 0.1) is 11.3 Å². The Kier molecular flexibility index (Phi) is 8.75. The van der Waals surface area contributed by atoms with E-state index in [1.807, 2.05) is 36.4 Å². The summed E-state index contributed by atoms with van der Waals surface area (Å²) in [5.41, 5.74) is 1.18. The number of rotatable bonds is 4. The number of carbonyl (C=O) groups is 1. The maximum absolute atomic E-state index is 9.85. The van der Waals surface area contributed by atoms with Gasteiger partial charge < -0.3 is 5.11 Å². The molecule has 0 fully saturated rings. The molecule has 17 heavy (non-hydrogen) atoms. The van der Waals surface area contributed by atoms with Crippen molar-refractivity contribution < 1.29 is 9.90 Å². The van der Waals surface area contributed by atoms with Gasteiger partial charge in [-0.1, -0.05) is 30.3 Å². The van der Waals surface area contributed by atoms with Crippen molar-refractivity contribution in [3.63, 3.8) is 0 Å². The van der Waals surface area contributed by atoms with Crippen molar-refractivity contribution in [3.05, 3.63) is 35.9 Å². The molecule has 92 valence electrons. The average molecular weight is 255 g/mol. The molecule has 1 unspecified atom stereocenters.